The minimum absolute atomic E-state index is 0.160. The Hall–Kier alpha value is -1.59. The summed E-state index contributed by atoms with van der Waals surface area (Å²) < 4.78 is 0. The van der Waals surface area contributed by atoms with E-state index in [1.165, 1.54) is 6.92 Å². The number of urea groups is 1. The average Bonchev–Trinajstić information content (AvgIpc) is 2.57. The van der Waals surface area contributed by atoms with Crippen LogP contribution >= 0.6 is 0 Å². The molecule has 0 spiro atoms. The van der Waals surface area contributed by atoms with Gasteiger partial charge in [0, 0.05) is 6.92 Å². The molecule has 4 amide bonds. The van der Waals surface area contributed by atoms with Gasteiger partial charge in [-0.25, -0.2) is 4.79 Å². The maximum Gasteiger partial charge on any atom is 0.322 e. The lowest BCUT2D eigenvalue weighted by Gasteiger charge is -2.29. The van der Waals surface area contributed by atoms with E-state index >= 15 is 0 Å². The van der Waals surface area contributed by atoms with Gasteiger partial charge >= 0.3 is 6.03 Å². The maximum atomic E-state index is 11.6. The van der Waals surface area contributed by atoms with E-state index < -0.39 is 12.1 Å². The van der Waals surface area contributed by atoms with Gasteiger partial charge in [-0.15, -0.1) is 0 Å². The quantitative estimate of drug-likeness (QED) is 0.598. The van der Waals surface area contributed by atoms with E-state index in [1.807, 2.05) is 13.8 Å². The third-order valence-corrected chi connectivity index (χ3v) is 3.09. The van der Waals surface area contributed by atoms with Crippen molar-refractivity contribution in [1.82, 2.24) is 16.0 Å². The summed E-state index contributed by atoms with van der Waals surface area (Å²) in [6.07, 6.45) is 1.67. The van der Waals surface area contributed by atoms with Crippen molar-refractivity contribution in [3.63, 3.8) is 0 Å². The van der Waals surface area contributed by atoms with Gasteiger partial charge < -0.3 is 10.6 Å². The second-order valence-electron chi connectivity index (χ2n) is 4.24. The Kier molecular flexibility index (Phi) is 4.48. The first kappa shape index (κ1) is 13.5. The minimum Gasteiger partial charge on any atom is -0.351 e. The molecule has 0 aromatic carbocycles. The molecule has 1 fully saturated rings. The summed E-state index contributed by atoms with van der Waals surface area (Å²) >= 11 is 0. The number of nitrogens with one attached hydrogen (secondary N) is 3. The van der Waals surface area contributed by atoms with Gasteiger partial charge in [0.15, 0.2) is 0 Å². The first-order chi connectivity index (χ1) is 7.99. The number of hydrogen-bond acceptors (Lipinski definition) is 3. The van der Waals surface area contributed by atoms with Crippen molar-refractivity contribution < 1.29 is 14.4 Å². The lowest BCUT2D eigenvalue weighted by atomic mass is 9.88. The number of rotatable bonds is 5. The van der Waals surface area contributed by atoms with Gasteiger partial charge in [0.05, 0.1) is 6.04 Å². The SMILES string of the molecule is CCC(CC)C(NC(C)=O)C1NC(=O)NC1=O. The maximum absolute atomic E-state index is 11.6. The monoisotopic (exact) mass is 241 g/mol. The molecule has 0 aromatic rings. The van der Waals surface area contributed by atoms with Gasteiger partial charge in [0.1, 0.15) is 6.04 Å². The first-order valence-corrected chi connectivity index (χ1v) is 5.88. The van der Waals surface area contributed by atoms with Crippen molar-refractivity contribution in [2.24, 2.45) is 5.92 Å². The fraction of sp³-hybridized carbons (Fsp3) is 0.727. The fourth-order valence-electron chi connectivity index (χ4n) is 2.19. The molecule has 0 aliphatic carbocycles. The number of imide groups is 1. The molecule has 1 rings (SSSR count). The summed E-state index contributed by atoms with van der Waals surface area (Å²) in [5.74, 6) is -0.412. The van der Waals surface area contributed by atoms with Crippen molar-refractivity contribution >= 4 is 17.8 Å². The Morgan fingerprint density at radius 1 is 1.35 bits per heavy atom. The summed E-state index contributed by atoms with van der Waals surface area (Å²) in [6, 6.07) is -1.52. The largest absolute Gasteiger partial charge is 0.351 e. The molecule has 2 unspecified atom stereocenters. The van der Waals surface area contributed by atoms with Crippen LogP contribution in [0, 0.1) is 5.92 Å². The number of amides is 4. The van der Waals surface area contributed by atoms with Crippen molar-refractivity contribution in [2.45, 2.75) is 45.7 Å². The molecular weight excluding hydrogens is 222 g/mol. The van der Waals surface area contributed by atoms with Crippen LogP contribution in [-0.2, 0) is 9.59 Å². The van der Waals surface area contributed by atoms with Gasteiger partial charge in [0.25, 0.3) is 5.91 Å². The Bertz CT molecular complexity index is 326. The highest BCUT2D eigenvalue weighted by Gasteiger charge is 2.39. The summed E-state index contributed by atoms with van der Waals surface area (Å²) in [7, 11) is 0. The predicted molar refractivity (Wildman–Crippen MR) is 62.1 cm³/mol. The number of carbonyl (C=O) groups is 3. The zero-order chi connectivity index (χ0) is 13.0. The summed E-state index contributed by atoms with van der Waals surface area (Å²) in [5.41, 5.74) is 0. The summed E-state index contributed by atoms with van der Waals surface area (Å²) in [5, 5.41) is 7.49. The average molecular weight is 241 g/mol. The Labute approximate surface area is 101 Å². The second-order valence-corrected chi connectivity index (χ2v) is 4.24. The molecule has 0 radical (unpaired) electrons. The van der Waals surface area contributed by atoms with E-state index in [1.54, 1.807) is 0 Å². The minimum atomic E-state index is -0.670. The van der Waals surface area contributed by atoms with E-state index in [0.29, 0.717) is 0 Å². The van der Waals surface area contributed by atoms with E-state index in [4.69, 9.17) is 0 Å². The summed E-state index contributed by atoms with van der Waals surface area (Å²) in [6.45, 7) is 5.40. The van der Waals surface area contributed by atoms with Crippen LogP contribution in [0.15, 0.2) is 0 Å². The van der Waals surface area contributed by atoms with E-state index in [-0.39, 0.29) is 23.8 Å². The Morgan fingerprint density at radius 2 is 1.94 bits per heavy atom. The van der Waals surface area contributed by atoms with Crippen molar-refractivity contribution in [3.05, 3.63) is 0 Å². The molecule has 6 heteroatoms. The zero-order valence-corrected chi connectivity index (χ0v) is 10.4. The molecule has 3 N–H and O–H groups in total. The molecule has 1 aliphatic heterocycles. The van der Waals surface area contributed by atoms with Crippen molar-refractivity contribution in [1.29, 1.82) is 0 Å². The lowest BCUT2D eigenvalue weighted by Crippen LogP contribution is -2.54. The topological polar surface area (TPSA) is 87.3 Å². The van der Waals surface area contributed by atoms with Crippen molar-refractivity contribution in [2.75, 3.05) is 0 Å². The lowest BCUT2D eigenvalue weighted by molar-refractivity contribution is -0.123. The normalized spacial score (nSPS) is 21.1. The predicted octanol–water partition coefficient (Wildman–Crippen LogP) is 0.135. The molecule has 6 nitrogen and oxygen atoms in total. The Morgan fingerprint density at radius 3 is 2.29 bits per heavy atom. The molecule has 0 bridgehead atoms. The van der Waals surface area contributed by atoms with E-state index in [0.717, 1.165) is 12.8 Å². The number of hydrogen-bond donors (Lipinski definition) is 3. The number of carbonyl (C=O) groups excluding carboxylic acids is 3. The van der Waals surface area contributed by atoms with Gasteiger partial charge in [-0.1, -0.05) is 26.7 Å². The molecule has 96 valence electrons. The van der Waals surface area contributed by atoms with Crippen LogP contribution in [0.5, 0.6) is 0 Å². The van der Waals surface area contributed by atoms with Crippen LogP contribution in [0.25, 0.3) is 0 Å². The molecule has 1 aliphatic rings. The smallest absolute Gasteiger partial charge is 0.322 e. The zero-order valence-electron chi connectivity index (χ0n) is 10.4. The fourth-order valence-corrected chi connectivity index (χ4v) is 2.19. The molecule has 17 heavy (non-hydrogen) atoms. The van der Waals surface area contributed by atoms with Crippen molar-refractivity contribution in [3.8, 4) is 0 Å². The second kappa shape index (κ2) is 5.65. The van der Waals surface area contributed by atoms with E-state index in [2.05, 4.69) is 16.0 Å². The van der Waals surface area contributed by atoms with Crippen LogP contribution in [0.1, 0.15) is 33.6 Å². The van der Waals surface area contributed by atoms with Crippen LogP contribution < -0.4 is 16.0 Å². The van der Waals surface area contributed by atoms with Gasteiger partial charge in [-0.3, -0.25) is 14.9 Å². The third-order valence-electron chi connectivity index (χ3n) is 3.09. The third kappa shape index (κ3) is 3.18. The standard InChI is InChI=1S/C11H19N3O3/c1-4-7(5-2)8(12-6(3)15)9-10(16)14-11(17)13-9/h7-9H,4-5H2,1-3H3,(H,12,15)(H2,13,14,16,17). The first-order valence-electron chi connectivity index (χ1n) is 5.88. The highest BCUT2D eigenvalue weighted by Crippen LogP contribution is 2.18. The molecular formula is C11H19N3O3. The van der Waals surface area contributed by atoms with Crippen LogP contribution in [-0.4, -0.2) is 29.9 Å². The molecule has 0 aromatic heterocycles. The van der Waals surface area contributed by atoms with Crippen LogP contribution in [0.3, 0.4) is 0 Å². The van der Waals surface area contributed by atoms with Gasteiger partial charge in [0.2, 0.25) is 5.91 Å². The Balaban J connectivity index is 2.85. The van der Waals surface area contributed by atoms with Crippen LogP contribution in [0.2, 0.25) is 0 Å². The molecule has 1 heterocycles. The van der Waals surface area contributed by atoms with E-state index in [9.17, 15) is 14.4 Å². The van der Waals surface area contributed by atoms with Gasteiger partial charge in [-0.05, 0) is 5.92 Å². The molecule has 2 atom stereocenters. The van der Waals surface area contributed by atoms with Gasteiger partial charge in [-0.2, -0.15) is 0 Å². The summed E-state index contributed by atoms with van der Waals surface area (Å²) in [4.78, 5) is 33.9. The highest BCUT2D eigenvalue weighted by molar-refractivity contribution is 6.04. The highest BCUT2D eigenvalue weighted by atomic mass is 16.2. The molecule has 1 saturated heterocycles. The van der Waals surface area contributed by atoms with Crippen LogP contribution in [0.4, 0.5) is 4.79 Å². The molecule has 0 saturated carbocycles.